The second kappa shape index (κ2) is 7.28. The number of benzene rings is 1. The van der Waals surface area contributed by atoms with Gasteiger partial charge in [0.2, 0.25) is 0 Å². The van der Waals surface area contributed by atoms with Crippen LogP contribution in [-0.4, -0.2) is 27.9 Å². The number of carboxylic acid groups (broad SMARTS) is 1. The number of rotatable bonds is 6. The number of halogens is 3. The quantitative estimate of drug-likeness (QED) is 0.607. The molecule has 0 bridgehead atoms. The van der Waals surface area contributed by atoms with E-state index in [4.69, 9.17) is 5.11 Å². The third kappa shape index (κ3) is 4.93. The number of aliphatic carboxylic acids is 1. The fourth-order valence-electron chi connectivity index (χ4n) is 1.98. The molecule has 0 aliphatic rings. The Balaban J connectivity index is 3.18. The van der Waals surface area contributed by atoms with Crippen LogP contribution in [0.5, 0.6) is 0 Å². The first-order valence-electron chi connectivity index (χ1n) is 6.82. The summed E-state index contributed by atoms with van der Waals surface area (Å²) in [4.78, 5) is 33.0. The third-order valence-corrected chi connectivity index (χ3v) is 3.08. The predicted molar refractivity (Wildman–Crippen MR) is 76.4 cm³/mol. The Morgan fingerprint density at radius 1 is 1.33 bits per heavy atom. The van der Waals surface area contributed by atoms with Crippen molar-refractivity contribution >= 4 is 17.6 Å². The normalized spacial score (nSPS) is 12.8. The Kier molecular flexibility index (Phi) is 5.88. The maximum atomic E-state index is 12.6. The number of carboxylic acids is 1. The van der Waals surface area contributed by atoms with Crippen molar-refractivity contribution in [3.8, 4) is 0 Å². The predicted octanol–water partition coefficient (Wildman–Crippen LogP) is 2.84. The first-order chi connectivity index (χ1) is 10.9. The van der Waals surface area contributed by atoms with Gasteiger partial charge in [0.15, 0.2) is 0 Å². The van der Waals surface area contributed by atoms with Gasteiger partial charge in [0.1, 0.15) is 11.6 Å². The minimum atomic E-state index is -4.80. The van der Waals surface area contributed by atoms with Gasteiger partial charge in [0.25, 0.3) is 11.6 Å². The van der Waals surface area contributed by atoms with Crippen molar-refractivity contribution in [1.29, 1.82) is 0 Å². The standard InChI is InChI=1S/C14H15F3N2O5/c1-7(2)5-10(13(21)22)18-12(20)9-4-3-8(14(15,16)17)6-11(9)19(23)24/h3-4,6-7,10H,5H2,1-2H3,(H,18,20)(H,21,22)/t10-/m1/s1. The lowest BCUT2D eigenvalue weighted by Crippen LogP contribution is -2.41. The Morgan fingerprint density at radius 2 is 1.92 bits per heavy atom. The van der Waals surface area contributed by atoms with Gasteiger partial charge in [0.05, 0.1) is 10.5 Å². The van der Waals surface area contributed by atoms with E-state index in [1.54, 1.807) is 13.8 Å². The van der Waals surface area contributed by atoms with E-state index in [-0.39, 0.29) is 18.4 Å². The van der Waals surface area contributed by atoms with Crippen LogP contribution in [0.3, 0.4) is 0 Å². The summed E-state index contributed by atoms with van der Waals surface area (Å²) >= 11 is 0. The second-order valence-corrected chi connectivity index (χ2v) is 5.48. The van der Waals surface area contributed by atoms with Gasteiger partial charge in [-0.2, -0.15) is 13.2 Å². The number of nitrogens with one attached hydrogen (secondary N) is 1. The highest BCUT2D eigenvalue weighted by Gasteiger charge is 2.34. The van der Waals surface area contributed by atoms with Crippen molar-refractivity contribution < 1.29 is 32.8 Å². The van der Waals surface area contributed by atoms with Crippen molar-refractivity contribution in [2.24, 2.45) is 5.92 Å². The zero-order valence-electron chi connectivity index (χ0n) is 12.8. The second-order valence-electron chi connectivity index (χ2n) is 5.48. The molecule has 0 aliphatic heterocycles. The molecule has 1 rings (SSSR count). The molecule has 10 heteroatoms. The molecule has 0 radical (unpaired) electrons. The molecular weight excluding hydrogens is 333 g/mol. The SMILES string of the molecule is CC(C)C[C@@H](NC(=O)c1ccc(C(F)(F)F)cc1[N+](=O)[O-])C(=O)O. The highest BCUT2D eigenvalue weighted by molar-refractivity contribution is 6.00. The molecule has 0 saturated carbocycles. The van der Waals surface area contributed by atoms with Gasteiger partial charge < -0.3 is 10.4 Å². The lowest BCUT2D eigenvalue weighted by Gasteiger charge is -2.16. The zero-order valence-corrected chi connectivity index (χ0v) is 12.8. The van der Waals surface area contributed by atoms with Crippen LogP contribution in [0.1, 0.15) is 36.2 Å². The zero-order chi connectivity index (χ0) is 18.7. The van der Waals surface area contributed by atoms with Crippen LogP contribution in [0, 0.1) is 16.0 Å². The van der Waals surface area contributed by atoms with E-state index in [0.29, 0.717) is 12.1 Å². The summed E-state index contributed by atoms with van der Waals surface area (Å²) in [6, 6.07) is 0.122. The Hall–Kier alpha value is -2.65. The van der Waals surface area contributed by atoms with Gasteiger partial charge in [-0.1, -0.05) is 13.8 Å². The average molecular weight is 348 g/mol. The number of carbonyl (C=O) groups is 2. The van der Waals surface area contributed by atoms with E-state index in [2.05, 4.69) is 5.32 Å². The summed E-state index contributed by atoms with van der Waals surface area (Å²) in [5.41, 5.74) is -2.96. The van der Waals surface area contributed by atoms with Crippen LogP contribution in [0.2, 0.25) is 0 Å². The van der Waals surface area contributed by atoms with Crippen molar-refractivity contribution in [3.05, 3.63) is 39.4 Å². The summed E-state index contributed by atoms with van der Waals surface area (Å²) in [7, 11) is 0. The molecule has 1 aromatic carbocycles. The van der Waals surface area contributed by atoms with Gasteiger partial charge in [-0.3, -0.25) is 14.9 Å². The molecule has 0 saturated heterocycles. The number of amides is 1. The first kappa shape index (κ1) is 19.4. The molecule has 0 spiro atoms. The van der Waals surface area contributed by atoms with Gasteiger partial charge >= 0.3 is 12.1 Å². The van der Waals surface area contributed by atoms with Crippen LogP contribution < -0.4 is 5.32 Å². The molecular formula is C14H15F3N2O5. The lowest BCUT2D eigenvalue weighted by molar-refractivity contribution is -0.385. The highest BCUT2D eigenvalue weighted by Crippen LogP contribution is 2.33. The summed E-state index contributed by atoms with van der Waals surface area (Å²) in [6.07, 6.45) is -4.74. The third-order valence-electron chi connectivity index (χ3n) is 3.08. The fraction of sp³-hybridized carbons (Fsp3) is 0.429. The Morgan fingerprint density at radius 3 is 2.33 bits per heavy atom. The summed E-state index contributed by atoms with van der Waals surface area (Å²) in [6.45, 7) is 3.42. The Labute approximate surface area is 134 Å². The van der Waals surface area contributed by atoms with Gasteiger partial charge in [-0.15, -0.1) is 0 Å². The number of nitrogens with zero attached hydrogens (tertiary/aromatic N) is 1. The molecule has 24 heavy (non-hydrogen) atoms. The van der Waals surface area contributed by atoms with Crippen molar-refractivity contribution in [2.75, 3.05) is 0 Å². The molecule has 132 valence electrons. The first-order valence-corrected chi connectivity index (χ1v) is 6.82. The summed E-state index contributed by atoms with van der Waals surface area (Å²) in [5, 5.41) is 22.1. The van der Waals surface area contributed by atoms with E-state index < -0.39 is 45.8 Å². The van der Waals surface area contributed by atoms with Crippen molar-refractivity contribution in [3.63, 3.8) is 0 Å². The molecule has 1 amide bonds. The van der Waals surface area contributed by atoms with Crippen LogP contribution in [0.15, 0.2) is 18.2 Å². The molecule has 0 aliphatic carbocycles. The van der Waals surface area contributed by atoms with Gasteiger partial charge in [0, 0.05) is 6.07 Å². The average Bonchev–Trinajstić information content (AvgIpc) is 2.44. The molecule has 0 heterocycles. The number of hydrogen-bond acceptors (Lipinski definition) is 4. The Bertz CT molecular complexity index is 658. The van der Waals surface area contributed by atoms with Crippen LogP contribution in [0.4, 0.5) is 18.9 Å². The molecule has 0 fully saturated rings. The van der Waals surface area contributed by atoms with E-state index in [0.717, 1.165) is 0 Å². The maximum Gasteiger partial charge on any atom is 0.416 e. The minimum absolute atomic E-state index is 0.0650. The van der Waals surface area contributed by atoms with E-state index >= 15 is 0 Å². The minimum Gasteiger partial charge on any atom is -0.480 e. The number of nitro benzene ring substituents is 1. The lowest BCUT2D eigenvalue weighted by atomic mass is 10.0. The van der Waals surface area contributed by atoms with E-state index in [1.165, 1.54) is 0 Å². The van der Waals surface area contributed by atoms with Crippen molar-refractivity contribution in [1.82, 2.24) is 5.32 Å². The highest BCUT2D eigenvalue weighted by atomic mass is 19.4. The number of hydrogen-bond donors (Lipinski definition) is 2. The van der Waals surface area contributed by atoms with Crippen LogP contribution in [0.25, 0.3) is 0 Å². The van der Waals surface area contributed by atoms with Crippen LogP contribution >= 0.6 is 0 Å². The van der Waals surface area contributed by atoms with E-state index in [9.17, 15) is 32.9 Å². The fourth-order valence-corrected chi connectivity index (χ4v) is 1.98. The smallest absolute Gasteiger partial charge is 0.416 e. The summed E-state index contributed by atoms with van der Waals surface area (Å²) < 4.78 is 37.9. The number of carbonyl (C=O) groups excluding carboxylic acids is 1. The van der Waals surface area contributed by atoms with Crippen LogP contribution in [-0.2, 0) is 11.0 Å². The number of alkyl halides is 3. The maximum absolute atomic E-state index is 12.6. The van der Waals surface area contributed by atoms with E-state index in [1.807, 2.05) is 0 Å². The van der Waals surface area contributed by atoms with Crippen molar-refractivity contribution in [2.45, 2.75) is 32.5 Å². The molecule has 0 unspecified atom stereocenters. The number of nitro groups is 1. The molecule has 0 aromatic heterocycles. The van der Waals surface area contributed by atoms with Gasteiger partial charge in [-0.05, 0) is 24.5 Å². The monoisotopic (exact) mass is 348 g/mol. The molecule has 7 nitrogen and oxygen atoms in total. The van der Waals surface area contributed by atoms with Gasteiger partial charge in [-0.25, -0.2) is 4.79 Å². The molecule has 1 aromatic rings. The largest absolute Gasteiger partial charge is 0.480 e. The summed E-state index contributed by atoms with van der Waals surface area (Å²) in [5.74, 6) is -2.55. The molecule has 1 atom stereocenters. The molecule has 2 N–H and O–H groups in total. The topological polar surface area (TPSA) is 110 Å².